The van der Waals surface area contributed by atoms with Gasteiger partial charge in [0, 0.05) is 29.7 Å². The third kappa shape index (κ3) is 3.11. The molecule has 5 rings (SSSR count). The second-order valence-corrected chi connectivity index (χ2v) is 8.38. The topological polar surface area (TPSA) is 62.1 Å². The van der Waals surface area contributed by atoms with Crippen LogP contribution >= 0.6 is 11.8 Å². The maximum atomic E-state index is 11.6. The monoisotopic (exact) mass is 355 g/mol. The highest BCUT2D eigenvalue weighted by Crippen LogP contribution is 2.40. The van der Waals surface area contributed by atoms with Crippen LogP contribution < -0.4 is 5.73 Å². The van der Waals surface area contributed by atoms with Crippen LogP contribution in [0, 0.1) is 5.92 Å². The minimum absolute atomic E-state index is 0.193. The van der Waals surface area contributed by atoms with E-state index < -0.39 is 0 Å². The van der Waals surface area contributed by atoms with E-state index in [4.69, 9.17) is 5.73 Å². The molecule has 2 aromatic rings. The number of benzene rings is 1. The number of rotatable bonds is 1. The summed E-state index contributed by atoms with van der Waals surface area (Å²) in [6.07, 6.45) is 8.11. The van der Waals surface area contributed by atoms with Crippen LogP contribution in [0.1, 0.15) is 24.0 Å². The first-order chi connectivity index (χ1) is 12.1. The fourth-order valence-corrected chi connectivity index (χ4v) is 5.16. The number of fused-ring (bicyclic) bond motifs is 2. The molecule has 1 aromatic carbocycles. The van der Waals surface area contributed by atoms with Crippen molar-refractivity contribution in [3.05, 3.63) is 41.6 Å². The number of nitrogens with zero attached hydrogens (tertiary/aromatic N) is 1. The van der Waals surface area contributed by atoms with Crippen molar-refractivity contribution in [3.63, 3.8) is 0 Å². The number of aromatic amines is 1. The number of nitrogens with one attached hydrogen (secondary N) is 1. The van der Waals surface area contributed by atoms with Gasteiger partial charge in [-0.2, -0.15) is 11.8 Å². The van der Waals surface area contributed by atoms with Crippen molar-refractivity contribution in [3.8, 4) is 0 Å². The van der Waals surface area contributed by atoms with Gasteiger partial charge in [-0.25, -0.2) is 0 Å². The van der Waals surface area contributed by atoms with Gasteiger partial charge in [0.15, 0.2) is 0 Å². The van der Waals surface area contributed by atoms with E-state index in [2.05, 4.69) is 59.2 Å². The standard InChI is InChI=1S/C16H17N3O.C4H8S/c1-19-8-10(16(17)20)5-12-11-3-2-4-13-15(11)9(7-18-13)6-14(12)19;1-2-4-5-3-1/h2-5,7,10,14,18H,6,8H2,1H3,(H2,17,20);1-4H2. The fraction of sp³-hybridized carbons (Fsp3) is 0.450. The Morgan fingerprint density at radius 2 is 2.12 bits per heavy atom. The summed E-state index contributed by atoms with van der Waals surface area (Å²) in [5, 5.41) is 1.30. The third-order valence-corrected chi connectivity index (χ3v) is 6.62. The van der Waals surface area contributed by atoms with Crippen LogP contribution in [0.15, 0.2) is 30.5 Å². The van der Waals surface area contributed by atoms with Gasteiger partial charge in [0.2, 0.25) is 5.91 Å². The summed E-state index contributed by atoms with van der Waals surface area (Å²) in [4.78, 5) is 17.1. The first-order valence-electron chi connectivity index (χ1n) is 9.03. The Morgan fingerprint density at radius 3 is 2.80 bits per heavy atom. The number of hydrogen-bond acceptors (Lipinski definition) is 3. The highest BCUT2D eigenvalue weighted by molar-refractivity contribution is 7.99. The molecule has 1 aliphatic carbocycles. The predicted octanol–water partition coefficient (Wildman–Crippen LogP) is 3.04. The highest BCUT2D eigenvalue weighted by Gasteiger charge is 2.34. The van der Waals surface area contributed by atoms with Crippen LogP contribution in [-0.2, 0) is 11.2 Å². The first kappa shape index (κ1) is 16.7. The molecule has 1 amide bonds. The average molecular weight is 356 g/mol. The Labute approximate surface area is 152 Å². The maximum absolute atomic E-state index is 11.6. The molecule has 0 saturated carbocycles. The molecule has 0 radical (unpaired) electrons. The summed E-state index contributed by atoms with van der Waals surface area (Å²) in [6.45, 7) is 0.708. The number of H-pyrrole nitrogens is 1. The Bertz CT molecular complexity index is 814. The van der Waals surface area contributed by atoms with E-state index in [1.54, 1.807) is 0 Å². The van der Waals surface area contributed by atoms with Crippen molar-refractivity contribution >= 4 is 34.1 Å². The minimum atomic E-state index is -0.241. The molecule has 2 aliphatic heterocycles. The lowest BCUT2D eigenvalue weighted by molar-refractivity contribution is -0.121. The molecule has 4 nitrogen and oxygen atoms in total. The largest absolute Gasteiger partial charge is 0.369 e. The zero-order chi connectivity index (χ0) is 17.4. The van der Waals surface area contributed by atoms with Crippen molar-refractivity contribution in [2.45, 2.75) is 25.3 Å². The fourth-order valence-electron chi connectivity index (χ4n) is 4.14. The molecule has 1 aromatic heterocycles. The van der Waals surface area contributed by atoms with Gasteiger partial charge in [-0.05, 0) is 60.6 Å². The van der Waals surface area contributed by atoms with Gasteiger partial charge in [-0.1, -0.05) is 18.2 Å². The molecule has 0 bridgehead atoms. The van der Waals surface area contributed by atoms with Gasteiger partial charge in [0.1, 0.15) is 0 Å². The number of carbonyl (C=O) groups excluding carboxylic acids is 1. The molecule has 1 saturated heterocycles. The van der Waals surface area contributed by atoms with E-state index in [-0.39, 0.29) is 11.8 Å². The average Bonchev–Trinajstić information content (AvgIpc) is 3.30. The van der Waals surface area contributed by atoms with E-state index >= 15 is 0 Å². The smallest absolute Gasteiger partial charge is 0.225 e. The lowest BCUT2D eigenvalue weighted by atomic mass is 9.80. The molecular weight excluding hydrogens is 330 g/mol. The van der Waals surface area contributed by atoms with Gasteiger partial charge in [-0.15, -0.1) is 0 Å². The molecule has 1 fully saturated rings. The Morgan fingerprint density at radius 1 is 1.32 bits per heavy atom. The molecule has 3 heterocycles. The molecule has 0 spiro atoms. The zero-order valence-corrected chi connectivity index (χ0v) is 15.4. The second-order valence-electron chi connectivity index (χ2n) is 7.15. The molecule has 2 atom stereocenters. The van der Waals surface area contributed by atoms with Crippen molar-refractivity contribution in [1.29, 1.82) is 0 Å². The number of carbonyl (C=O) groups is 1. The molecule has 3 N–H and O–H groups in total. The summed E-state index contributed by atoms with van der Waals surface area (Å²) in [6, 6.07) is 6.66. The number of hydrogen-bond donors (Lipinski definition) is 2. The van der Waals surface area contributed by atoms with Crippen LogP contribution in [0.25, 0.3) is 16.5 Å². The third-order valence-electron chi connectivity index (χ3n) is 5.46. The summed E-state index contributed by atoms with van der Waals surface area (Å²) < 4.78 is 0. The van der Waals surface area contributed by atoms with Crippen LogP contribution in [0.3, 0.4) is 0 Å². The molecule has 132 valence electrons. The lowest BCUT2D eigenvalue weighted by Gasteiger charge is -2.39. The molecular formula is C20H25N3OS. The quantitative estimate of drug-likeness (QED) is 0.826. The van der Waals surface area contributed by atoms with E-state index in [9.17, 15) is 4.79 Å². The van der Waals surface area contributed by atoms with Gasteiger partial charge in [0.25, 0.3) is 0 Å². The van der Waals surface area contributed by atoms with Gasteiger partial charge in [0.05, 0.1) is 5.92 Å². The number of likely N-dealkylation sites (N-methyl/N-ethyl adjacent to an activating group) is 1. The molecule has 2 unspecified atom stereocenters. The van der Waals surface area contributed by atoms with Gasteiger partial charge < -0.3 is 10.7 Å². The Kier molecular flexibility index (Phi) is 4.61. The normalized spacial score (nSPS) is 25.1. The van der Waals surface area contributed by atoms with Crippen LogP contribution in [0.4, 0.5) is 0 Å². The number of aromatic nitrogens is 1. The van der Waals surface area contributed by atoms with E-state index in [0.717, 1.165) is 6.42 Å². The number of amides is 1. The van der Waals surface area contributed by atoms with Gasteiger partial charge in [-0.3, -0.25) is 9.69 Å². The number of primary amides is 1. The van der Waals surface area contributed by atoms with Crippen LogP contribution in [-0.4, -0.2) is 46.9 Å². The van der Waals surface area contributed by atoms with Crippen molar-refractivity contribution in [1.82, 2.24) is 9.88 Å². The lowest BCUT2D eigenvalue weighted by Crippen LogP contribution is -2.45. The Balaban J connectivity index is 0.000000272. The van der Waals surface area contributed by atoms with E-state index in [1.807, 2.05) is 0 Å². The predicted molar refractivity (Wildman–Crippen MR) is 106 cm³/mol. The van der Waals surface area contributed by atoms with Crippen molar-refractivity contribution in [2.24, 2.45) is 11.7 Å². The molecule has 3 aliphatic rings. The van der Waals surface area contributed by atoms with E-state index in [1.165, 1.54) is 52.0 Å². The van der Waals surface area contributed by atoms with Crippen molar-refractivity contribution < 1.29 is 4.79 Å². The SMILES string of the molecule is C1CCSC1.CN1CC(C(N)=O)C=C2c3cccc4[nH]cc(c34)CC21. The molecule has 5 heteroatoms. The van der Waals surface area contributed by atoms with Gasteiger partial charge >= 0.3 is 0 Å². The van der Waals surface area contributed by atoms with Crippen LogP contribution in [0.5, 0.6) is 0 Å². The van der Waals surface area contributed by atoms with E-state index in [0.29, 0.717) is 12.6 Å². The number of thioether (sulfide) groups is 1. The number of nitrogens with two attached hydrogens (primary N) is 1. The van der Waals surface area contributed by atoms with Crippen LogP contribution in [0.2, 0.25) is 0 Å². The summed E-state index contributed by atoms with van der Waals surface area (Å²) in [5.41, 5.74) is 10.5. The second kappa shape index (κ2) is 6.89. The zero-order valence-electron chi connectivity index (χ0n) is 14.6. The maximum Gasteiger partial charge on any atom is 0.225 e. The summed E-state index contributed by atoms with van der Waals surface area (Å²) >= 11 is 2.07. The summed E-state index contributed by atoms with van der Waals surface area (Å²) in [5.74, 6) is 2.40. The highest BCUT2D eigenvalue weighted by atomic mass is 32.2. The first-order valence-corrected chi connectivity index (χ1v) is 10.2. The molecule has 25 heavy (non-hydrogen) atoms. The Hall–Kier alpha value is -1.72. The minimum Gasteiger partial charge on any atom is -0.369 e. The van der Waals surface area contributed by atoms with Crippen molar-refractivity contribution in [2.75, 3.05) is 25.1 Å². The summed E-state index contributed by atoms with van der Waals surface area (Å²) in [7, 11) is 2.07.